The highest BCUT2D eigenvalue weighted by Crippen LogP contribution is 2.29. The minimum absolute atomic E-state index is 0.201. The number of aryl methyl sites for hydroxylation is 1. The molecule has 1 N–H and O–H groups in total. The van der Waals surface area contributed by atoms with Crippen LogP contribution in [0.3, 0.4) is 0 Å². The number of rotatable bonds is 4. The van der Waals surface area contributed by atoms with Gasteiger partial charge in [0.05, 0.1) is 10.8 Å². The maximum Gasteiger partial charge on any atom is 0.237 e. The highest BCUT2D eigenvalue weighted by atomic mass is 35.5. The monoisotopic (exact) mass is 414 g/mol. The number of halogens is 2. The molecule has 28 heavy (non-hydrogen) atoms. The zero-order valence-corrected chi connectivity index (χ0v) is 16.7. The number of thioether (sulfide) groups is 1. The number of benzene rings is 2. The standard InChI is InChI=1S/C20H16ClFN4OS/c1-11-9-18-24-25-20(26(18)17-8-3-13(21)10-16(11)17)28-12(2)19(27)23-15-6-4-14(22)5-7-15/h3-10,12H,1-2H3,(H,23,27). The van der Waals surface area contributed by atoms with Gasteiger partial charge in [-0.3, -0.25) is 9.20 Å². The summed E-state index contributed by atoms with van der Waals surface area (Å²) >= 11 is 7.45. The average molecular weight is 415 g/mol. The van der Waals surface area contributed by atoms with Gasteiger partial charge in [0.15, 0.2) is 10.8 Å². The maximum atomic E-state index is 13.0. The Morgan fingerprint density at radius 2 is 1.93 bits per heavy atom. The molecule has 0 spiro atoms. The van der Waals surface area contributed by atoms with Gasteiger partial charge in [-0.2, -0.15) is 0 Å². The summed E-state index contributed by atoms with van der Waals surface area (Å²) in [5, 5.41) is 13.1. The molecule has 0 aliphatic carbocycles. The van der Waals surface area contributed by atoms with Gasteiger partial charge in [0, 0.05) is 16.1 Å². The number of aromatic nitrogens is 3. The minimum Gasteiger partial charge on any atom is -0.325 e. The first kappa shape index (κ1) is 18.7. The lowest BCUT2D eigenvalue weighted by atomic mass is 10.1. The Kier molecular flexibility index (Phi) is 4.95. The van der Waals surface area contributed by atoms with E-state index in [1.807, 2.05) is 35.6 Å². The van der Waals surface area contributed by atoms with E-state index >= 15 is 0 Å². The topological polar surface area (TPSA) is 59.3 Å². The van der Waals surface area contributed by atoms with E-state index in [1.165, 1.54) is 36.0 Å². The molecule has 0 aliphatic heterocycles. The predicted molar refractivity (Wildman–Crippen MR) is 111 cm³/mol. The molecule has 2 aromatic carbocycles. The van der Waals surface area contributed by atoms with Crippen LogP contribution >= 0.6 is 23.4 Å². The normalized spacial score (nSPS) is 12.4. The zero-order valence-electron chi connectivity index (χ0n) is 15.1. The number of hydrogen-bond acceptors (Lipinski definition) is 4. The van der Waals surface area contributed by atoms with Crippen molar-refractivity contribution in [3.05, 3.63) is 64.9 Å². The highest BCUT2D eigenvalue weighted by molar-refractivity contribution is 8.00. The van der Waals surface area contributed by atoms with Crippen molar-refractivity contribution in [2.24, 2.45) is 0 Å². The first-order chi connectivity index (χ1) is 13.4. The first-order valence-corrected chi connectivity index (χ1v) is 9.85. The molecule has 1 unspecified atom stereocenters. The van der Waals surface area contributed by atoms with Gasteiger partial charge >= 0.3 is 0 Å². The Hall–Kier alpha value is -2.64. The van der Waals surface area contributed by atoms with Crippen LogP contribution in [0.4, 0.5) is 10.1 Å². The molecular formula is C20H16ClFN4OS. The van der Waals surface area contributed by atoms with Gasteiger partial charge in [-0.1, -0.05) is 23.4 Å². The molecule has 142 valence electrons. The lowest BCUT2D eigenvalue weighted by molar-refractivity contribution is -0.115. The molecule has 2 aromatic heterocycles. The molecule has 0 aliphatic rings. The van der Waals surface area contributed by atoms with Crippen molar-refractivity contribution in [1.82, 2.24) is 14.6 Å². The van der Waals surface area contributed by atoms with Gasteiger partial charge in [0.25, 0.3) is 0 Å². The van der Waals surface area contributed by atoms with Crippen molar-refractivity contribution in [2.75, 3.05) is 5.32 Å². The van der Waals surface area contributed by atoms with Crippen molar-refractivity contribution < 1.29 is 9.18 Å². The smallest absolute Gasteiger partial charge is 0.237 e. The fraction of sp³-hybridized carbons (Fsp3) is 0.150. The SMILES string of the molecule is Cc1cc2nnc(SC(C)C(=O)Nc3ccc(F)cc3)n2c2ccc(Cl)cc12. The largest absolute Gasteiger partial charge is 0.325 e. The second-order valence-corrected chi connectivity index (χ2v) is 8.17. The van der Waals surface area contributed by atoms with Gasteiger partial charge in [0.2, 0.25) is 5.91 Å². The third kappa shape index (κ3) is 3.55. The summed E-state index contributed by atoms with van der Waals surface area (Å²) in [6.07, 6.45) is 0. The van der Waals surface area contributed by atoms with Crippen LogP contribution in [0.25, 0.3) is 16.6 Å². The Balaban J connectivity index is 1.64. The van der Waals surface area contributed by atoms with E-state index in [-0.39, 0.29) is 11.7 Å². The van der Waals surface area contributed by atoms with Gasteiger partial charge in [-0.25, -0.2) is 4.39 Å². The van der Waals surface area contributed by atoms with Crippen LogP contribution in [0.5, 0.6) is 0 Å². The second-order valence-electron chi connectivity index (χ2n) is 6.42. The molecule has 1 amide bonds. The van der Waals surface area contributed by atoms with Crippen LogP contribution < -0.4 is 5.32 Å². The van der Waals surface area contributed by atoms with Crippen molar-refractivity contribution in [1.29, 1.82) is 0 Å². The molecule has 5 nitrogen and oxygen atoms in total. The summed E-state index contributed by atoms with van der Waals surface area (Å²) in [6.45, 7) is 3.79. The third-order valence-corrected chi connectivity index (χ3v) is 5.67. The third-order valence-electron chi connectivity index (χ3n) is 4.39. The summed E-state index contributed by atoms with van der Waals surface area (Å²) in [5.74, 6) is -0.551. The van der Waals surface area contributed by atoms with Crippen LogP contribution in [0, 0.1) is 12.7 Å². The summed E-state index contributed by atoms with van der Waals surface area (Å²) in [7, 11) is 0. The molecule has 4 aromatic rings. The molecule has 4 rings (SSSR count). The summed E-state index contributed by atoms with van der Waals surface area (Å²) < 4.78 is 14.9. The Labute approximate surface area is 169 Å². The Morgan fingerprint density at radius 1 is 1.18 bits per heavy atom. The van der Waals surface area contributed by atoms with Crippen molar-refractivity contribution in [2.45, 2.75) is 24.3 Å². The van der Waals surface area contributed by atoms with Crippen LogP contribution in [0.15, 0.2) is 53.7 Å². The number of fused-ring (bicyclic) bond motifs is 3. The number of carbonyl (C=O) groups excluding carboxylic acids is 1. The Morgan fingerprint density at radius 3 is 2.68 bits per heavy atom. The van der Waals surface area contributed by atoms with E-state index in [1.54, 1.807) is 6.92 Å². The van der Waals surface area contributed by atoms with E-state index < -0.39 is 5.25 Å². The van der Waals surface area contributed by atoms with E-state index in [0.29, 0.717) is 21.5 Å². The molecular weight excluding hydrogens is 399 g/mol. The number of nitrogens with one attached hydrogen (secondary N) is 1. The number of amides is 1. The zero-order chi connectivity index (χ0) is 19.8. The summed E-state index contributed by atoms with van der Waals surface area (Å²) in [5.41, 5.74) is 3.23. The predicted octanol–water partition coefficient (Wildman–Crippen LogP) is 5.10. The quantitative estimate of drug-likeness (QED) is 0.472. The van der Waals surface area contributed by atoms with Gasteiger partial charge in [0.1, 0.15) is 5.82 Å². The van der Waals surface area contributed by atoms with E-state index in [4.69, 9.17) is 11.6 Å². The summed E-state index contributed by atoms with van der Waals surface area (Å²) in [4.78, 5) is 12.5. The van der Waals surface area contributed by atoms with Crippen LogP contribution in [-0.4, -0.2) is 25.8 Å². The Bertz CT molecular complexity index is 1190. The lowest BCUT2D eigenvalue weighted by Gasteiger charge is -2.12. The first-order valence-electron chi connectivity index (χ1n) is 8.59. The van der Waals surface area contributed by atoms with Crippen LogP contribution in [0.2, 0.25) is 5.02 Å². The number of nitrogens with zero attached hydrogens (tertiary/aromatic N) is 3. The lowest BCUT2D eigenvalue weighted by Crippen LogP contribution is -2.22. The highest BCUT2D eigenvalue weighted by Gasteiger charge is 2.19. The van der Waals surface area contributed by atoms with Crippen LogP contribution in [-0.2, 0) is 4.79 Å². The number of carbonyl (C=O) groups is 1. The molecule has 0 bridgehead atoms. The van der Waals surface area contributed by atoms with E-state index in [2.05, 4.69) is 15.5 Å². The van der Waals surface area contributed by atoms with Crippen molar-refractivity contribution in [3.63, 3.8) is 0 Å². The number of hydrogen-bond donors (Lipinski definition) is 1. The second kappa shape index (κ2) is 7.41. The van der Waals surface area contributed by atoms with Crippen molar-refractivity contribution >= 4 is 51.5 Å². The molecule has 1 atom stereocenters. The number of pyridine rings is 1. The molecule has 0 saturated heterocycles. The van der Waals surface area contributed by atoms with Gasteiger partial charge < -0.3 is 5.32 Å². The fourth-order valence-corrected chi connectivity index (χ4v) is 4.00. The molecule has 0 radical (unpaired) electrons. The average Bonchev–Trinajstić information content (AvgIpc) is 3.06. The van der Waals surface area contributed by atoms with Gasteiger partial charge in [-0.15, -0.1) is 10.2 Å². The fourth-order valence-electron chi connectivity index (χ4n) is 2.96. The van der Waals surface area contributed by atoms with E-state index in [0.717, 1.165) is 16.5 Å². The molecule has 8 heteroatoms. The summed E-state index contributed by atoms with van der Waals surface area (Å²) in [6, 6.07) is 13.3. The van der Waals surface area contributed by atoms with Crippen LogP contribution in [0.1, 0.15) is 12.5 Å². The number of anilines is 1. The van der Waals surface area contributed by atoms with Gasteiger partial charge in [-0.05, 0) is 67.9 Å². The van der Waals surface area contributed by atoms with E-state index in [9.17, 15) is 9.18 Å². The molecule has 0 fully saturated rings. The molecule has 0 saturated carbocycles. The maximum absolute atomic E-state index is 13.0. The minimum atomic E-state index is -0.430. The van der Waals surface area contributed by atoms with Crippen molar-refractivity contribution in [3.8, 4) is 0 Å². The molecule has 2 heterocycles.